The van der Waals surface area contributed by atoms with E-state index in [4.69, 9.17) is 11.6 Å². The fraction of sp³-hybridized carbons (Fsp3) is 1.00. The van der Waals surface area contributed by atoms with Crippen LogP contribution in [0.4, 0.5) is 0 Å². The molecule has 1 saturated carbocycles. The van der Waals surface area contributed by atoms with Gasteiger partial charge in [-0.25, -0.2) is 4.72 Å². The summed E-state index contributed by atoms with van der Waals surface area (Å²) in [7, 11) is -1.74. The number of nitrogens with one attached hydrogen (secondary N) is 1. The summed E-state index contributed by atoms with van der Waals surface area (Å²) < 4.78 is 27.7. The van der Waals surface area contributed by atoms with E-state index in [1.807, 2.05) is 13.8 Å². The molecule has 0 amide bonds. The van der Waals surface area contributed by atoms with Gasteiger partial charge in [0.25, 0.3) is 10.2 Å². The normalized spacial score (nSPS) is 19.4. The molecule has 0 aromatic rings. The molecule has 0 unspecified atom stereocenters. The van der Waals surface area contributed by atoms with E-state index in [1.165, 1.54) is 4.31 Å². The van der Waals surface area contributed by atoms with Crippen LogP contribution < -0.4 is 4.72 Å². The fourth-order valence-corrected chi connectivity index (χ4v) is 3.16. The summed E-state index contributed by atoms with van der Waals surface area (Å²) in [5.41, 5.74) is 0.132. The van der Waals surface area contributed by atoms with Crippen molar-refractivity contribution in [2.24, 2.45) is 5.41 Å². The number of nitrogens with zero attached hydrogens (tertiary/aromatic N) is 1. The highest BCUT2D eigenvalue weighted by Gasteiger charge is 2.42. The highest BCUT2D eigenvalue weighted by Crippen LogP contribution is 2.48. The van der Waals surface area contributed by atoms with Gasteiger partial charge in [-0.2, -0.15) is 12.7 Å². The first-order valence-electron chi connectivity index (χ1n) is 5.62. The number of halogens is 1. The third-order valence-electron chi connectivity index (χ3n) is 3.32. The van der Waals surface area contributed by atoms with Gasteiger partial charge in [0, 0.05) is 25.5 Å². The highest BCUT2D eigenvalue weighted by atomic mass is 35.5. The van der Waals surface area contributed by atoms with Gasteiger partial charge in [-0.15, -0.1) is 11.6 Å². The first-order chi connectivity index (χ1) is 7.33. The highest BCUT2D eigenvalue weighted by molar-refractivity contribution is 7.87. The van der Waals surface area contributed by atoms with Crippen LogP contribution in [0.2, 0.25) is 0 Å². The summed E-state index contributed by atoms with van der Waals surface area (Å²) in [6.07, 6.45) is 3.05. The van der Waals surface area contributed by atoms with Crippen molar-refractivity contribution in [1.29, 1.82) is 0 Å². The van der Waals surface area contributed by atoms with Crippen LogP contribution in [-0.4, -0.2) is 38.2 Å². The molecule has 0 atom stereocenters. The molecule has 0 bridgehead atoms. The largest absolute Gasteiger partial charge is 0.279 e. The van der Waals surface area contributed by atoms with Gasteiger partial charge in [-0.05, 0) is 38.5 Å². The summed E-state index contributed by atoms with van der Waals surface area (Å²) >= 11 is 5.70. The summed E-state index contributed by atoms with van der Waals surface area (Å²) in [5.74, 6) is 0.599. The lowest BCUT2D eigenvalue weighted by atomic mass is 10.1. The Morgan fingerprint density at radius 1 is 1.44 bits per heavy atom. The molecule has 1 N–H and O–H groups in total. The maximum atomic E-state index is 11.8. The first-order valence-corrected chi connectivity index (χ1v) is 7.59. The molecule has 4 nitrogen and oxygen atoms in total. The Balaban J connectivity index is 2.48. The van der Waals surface area contributed by atoms with E-state index in [9.17, 15) is 8.42 Å². The van der Waals surface area contributed by atoms with Crippen molar-refractivity contribution in [3.05, 3.63) is 0 Å². The molecule has 0 spiro atoms. The van der Waals surface area contributed by atoms with E-state index in [0.29, 0.717) is 12.4 Å². The molecule has 1 aliphatic carbocycles. The quantitative estimate of drug-likeness (QED) is 0.713. The van der Waals surface area contributed by atoms with Crippen LogP contribution in [0.3, 0.4) is 0 Å². The lowest BCUT2D eigenvalue weighted by Gasteiger charge is -2.23. The fourth-order valence-electron chi connectivity index (χ4n) is 1.52. The summed E-state index contributed by atoms with van der Waals surface area (Å²) in [6.45, 7) is 4.22. The van der Waals surface area contributed by atoms with Crippen molar-refractivity contribution in [1.82, 2.24) is 9.03 Å². The van der Waals surface area contributed by atoms with E-state index in [0.717, 1.165) is 19.3 Å². The van der Waals surface area contributed by atoms with E-state index in [2.05, 4.69) is 4.72 Å². The smallest absolute Gasteiger partial charge is 0.202 e. The van der Waals surface area contributed by atoms with Crippen molar-refractivity contribution in [3.8, 4) is 0 Å². The molecular formula is C10H21ClN2O2S. The van der Waals surface area contributed by atoms with Crippen LogP contribution in [0, 0.1) is 5.41 Å². The average molecular weight is 269 g/mol. The van der Waals surface area contributed by atoms with Crippen molar-refractivity contribution < 1.29 is 8.42 Å². The van der Waals surface area contributed by atoms with E-state index < -0.39 is 10.2 Å². The van der Waals surface area contributed by atoms with Crippen LogP contribution in [0.25, 0.3) is 0 Å². The predicted octanol–water partition coefficient (Wildman–Crippen LogP) is 1.57. The second kappa shape index (κ2) is 5.21. The van der Waals surface area contributed by atoms with E-state index in [-0.39, 0.29) is 11.5 Å². The molecule has 0 aliphatic heterocycles. The Morgan fingerprint density at radius 2 is 2.00 bits per heavy atom. The summed E-state index contributed by atoms with van der Waals surface area (Å²) in [5, 5.41) is 0. The summed E-state index contributed by atoms with van der Waals surface area (Å²) in [4.78, 5) is 0. The van der Waals surface area contributed by atoms with Gasteiger partial charge < -0.3 is 0 Å². The molecule has 0 heterocycles. The maximum absolute atomic E-state index is 11.8. The second-order valence-corrected chi connectivity index (χ2v) is 7.07. The topological polar surface area (TPSA) is 49.4 Å². The van der Waals surface area contributed by atoms with Gasteiger partial charge in [0.1, 0.15) is 0 Å². The third-order valence-corrected chi connectivity index (χ3v) is 5.20. The van der Waals surface area contributed by atoms with Crippen molar-refractivity contribution in [3.63, 3.8) is 0 Å². The van der Waals surface area contributed by atoms with Gasteiger partial charge in [0.2, 0.25) is 0 Å². The first kappa shape index (κ1) is 14.2. The van der Waals surface area contributed by atoms with E-state index in [1.54, 1.807) is 7.05 Å². The standard InChI is InChI=1S/C10H21ClN2O2S/c1-9(2)13(3)16(14,15)12-8-10(4-5-10)6-7-11/h9,12H,4-8H2,1-3H3. The molecule has 0 aromatic heterocycles. The molecule has 96 valence electrons. The Hall–Kier alpha value is 0.160. The molecule has 1 rings (SSSR count). The number of hydrogen-bond acceptors (Lipinski definition) is 2. The predicted molar refractivity (Wildman–Crippen MR) is 66.8 cm³/mol. The second-order valence-electron chi connectivity index (χ2n) is 4.88. The number of rotatable bonds is 7. The zero-order valence-electron chi connectivity index (χ0n) is 10.2. The van der Waals surface area contributed by atoms with Gasteiger partial charge >= 0.3 is 0 Å². The molecule has 16 heavy (non-hydrogen) atoms. The minimum absolute atomic E-state index is 0.0271. The molecule has 1 fully saturated rings. The molecule has 1 aliphatic rings. The minimum Gasteiger partial charge on any atom is -0.202 e. The molecule has 0 radical (unpaired) electrons. The number of hydrogen-bond donors (Lipinski definition) is 1. The van der Waals surface area contributed by atoms with Crippen LogP contribution in [-0.2, 0) is 10.2 Å². The van der Waals surface area contributed by atoms with Gasteiger partial charge in [0.15, 0.2) is 0 Å². The SMILES string of the molecule is CC(C)N(C)S(=O)(=O)NCC1(CCCl)CC1. The Bertz CT molecular complexity index is 326. The zero-order chi connectivity index (χ0) is 12.4. The van der Waals surface area contributed by atoms with Crippen molar-refractivity contribution >= 4 is 21.8 Å². The summed E-state index contributed by atoms with van der Waals surface area (Å²) in [6, 6.07) is -0.0271. The average Bonchev–Trinajstić information content (AvgIpc) is 2.95. The van der Waals surface area contributed by atoms with Gasteiger partial charge in [-0.1, -0.05) is 0 Å². The number of alkyl halides is 1. The Labute approximate surface area is 104 Å². The van der Waals surface area contributed by atoms with E-state index >= 15 is 0 Å². The van der Waals surface area contributed by atoms with Gasteiger partial charge in [-0.3, -0.25) is 0 Å². The van der Waals surface area contributed by atoms with Crippen molar-refractivity contribution in [2.45, 2.75) is 39.2 Å². The molecule has 0 aromatic carbocycles. The van der Waals surface area contributed by atoms with Crippen LogP contribution in [0.5, 0.6) is 0 Å². The molecule has 0 saturated heterocycles. The minimum atomic E-state index is -3.33. The Kier molecular flexibility index (Phi) is 4.63. The Morgan fingerprint density at radius 3 is 2.38 bits per heavy atom. The lowest BCUT2D eigenvalue weighted by molar-refractivity contribution is 0.392. The lowest BCUT2D eigenvalue weighted by Crippen LogP contribution is -2.43. The zero-order valence-corrected chi connectivity index (χ0v) is 11.7. The van der Waals surface area contributed by atoms with Crippen molar-refractivity contribution in [2.75, 3.05) is 19.5 Å². The molecular weight excluding hydrogens is 248 g/mol. The van der Waals surface area contributed by atoms with Gasteiger partial charge in [0.05, 0.1) is 0 Å². The van der Waals surface area contributed by atoms with Crippen LogP contribution >= 0.6 is 11.6 Å². The maximum Gasteiger partial charge on any atom is 0.279 e. The third kappa shape index (κ3) is 3.58. The van der Waals surface area contributed by atoms with Crippen LogP contribution in [0.15, 0.2) is 0 Å². The molecule has 6 heteroatoms. The monoisotopic (exact) mass is 268 g/mol. The van der Waals surface area contributed by atoms with Crippen LogP contribution in [0.1, 0.15) is 33.1 Å².